The topological polar surface area (TPSA) is 52.7 Å². The smallest absolute Gasteiger partial charge is 0.254 e. The highest BCUT2D eigenvalue weighted by Crippen LogP contribution is 2.24. The first-order chi connectivity index (χ1) is 13.5. The Bertz CT molecular complexity index is 793. The fourth-order valence-electron chi connectivity index (χ4n) is 3.00. The van der Waals surface area contributed by atoms with Crippen molar-refractivity contribution in [3.05, 3.63) is 54.1 Å². The summed E-state index contributed by atoms with van der Waals surface area (Å²) >= 11 is 1.57. The van der Waals surface area contributed by atoms with Gasteiger partial charge in [-0.2, -0.15) is 0 Å². The molecule has 28 heavy (non-hydrogen) atoms. The number of hydrogen-bond acceptors (Lipinski definition) is 4. The molecule has 0 aliphatic carbocycles. The van der Waals surface area contributed by atoms with Crippen LogP contribution in [0, 0.1) is 0 Å². The first kappa shape index (κ1) is 21.8. The molecule has 1 N–H and O–H groups in total. The Balaban J connectivity index is 1.99. The summed E-state index contributed by atoms with van der Waals surface area (Å²) in [5.41, 5.74) is 2.45. The van der Waals surface area contributed by atoms with Crippen LogP contribution in [0.15, 0.2) is 53.4 Å². The van der Waals surface area contributed by atoms with Crippen LogP contribution in [-0.2, 0) is 4.79 Å². The van der Waals surface area contributed by atoms with E-state index in [0.29, 0.717) is 5.56 Å². The zero-order valence-corrected chi connectivity index (χ0v) is 17.9. The minimum Gasteiger partial charge on any atom is -0.372 e. The molecular formula is C22H29N3O2S. The highest BCUT2D eigenvalue weighted by molar-refractivity contribution is 7.98. The van der Waals surface area contributed by atoms with Crippen molar-refractivity contribution < 1.29 is 9.59 Å². The van der Waals surface area contributed by atoms with E-state index < -0.39 is 0 Å². The van der Waals surface area contributed by atoms with Crippen molar-refractivity contribution in [2.24, 2.45) is 0 Å². The number of nitrogens with one attached hydrogen (secondary N) is 1. The van der Waals surface area contributed by atoms with E-state index in [1.54, 1.807) is 18.8 Å². The summed E-state index contributed by atoms with van der Waals surface area (Å²) in [6.07, 6.45) is 3.04. The van der Waals surface area contributed by atoms with Gasteiger partial charge in [0.25, 0.3) is 5.91 Å². The van der Waals surface area contributed by atoms with E-state index in [9.17, 15) is 9.59 Å². The largest absolute Gasteiger partial charge is 0.372 e. The Hall–Kier alpha value is -2.47. The standard InChI is InChI=1S/C22H29N3O2S/c1-5-15-25(6-2)18-13-11-17(12-14-18)22(27)24(3)16-21(26)23-19-9-7-8-10-20(19)28-4/h7-14H,5-6,15-16H2,1-4H3,(H,23,26). The number of thioether (sulfide) groups is 1. The summed E-state index contributed by atoms with van der Waals surface area (Å²) in [5.74, 6) is -0.382. The minimum atomic E-state index is -0.214. The van der Waals surface area contributed by atoms with Crippen LogP contribution < -0.4 is 10.2 Å². The molecule has 2 aromatic carbocycles. The van der Waals surface area contributed by atoms with Crippen molar-refractivity contribution in [2.45, 2.75) is 25.2 Å². The van der Waals surface area contributed by atoms with Crippen molar-refractivity contribution >= 4 is 35.0 Å². The number of amides is 2. The molecule has 2 amide bonds. The third kappa shape index (κ3) is 5.76. The molecule has 0 saturated carbocycles. The van der Waals surface area contributed by atoms with Gasteiger partial charge in [-0.25, -0.2) is 0 Å². The lowest BCUT2D eigenvalue weighted by molar-refractivity contribution is -0.116. The van der Waals surface area contributed by atoms with Gasteiger partial charge >= 0.3 is 0 Å². The second-order valence-electron chi connectivity index (χ2n) is 6.54. The molecular weight excluding hydrogens is 370 g/mol. The lowest BCUT2D eigenvalue weighted by atomic mass is 10.1. The van der Waals surface area contributed by atoms with Crippen LogP contribution in [-0.4, -0.2) is 49.7 Å². The van der Waals surface area contributed by atoms with Gasteiger partial charge in [-0.05, 0) is 56.0 Å². The van der Waals surface area contributed by atoms with Gasteiger partial charge < -0.3 is 15.1 Å². The number of anilines is 2. The summed E-state index contributed by atoms with van der Waals surface area (Å²) in [6.45, 7) is 6.19. The zero-order chi connectivity index (χ0) is 20.5. The van der Waals surface area contributed by atoms with Crippen molar-refractivity contribution in [1.82, 2.24) is 4.90 Å². The molecule has 0 atom stereocenters. The molecule has 150 valence electrons. The monoisotopic (exact) mass is 399 g/mol. The number of carbonyl (C=O) groups is 2. The quantitative estimate of drug-likeness (QED) is 0.637. The predicted octanol–water partition coefficient (Wildman–Crippen LogP) is 4.36. The van der Waals surface area contributed by atoms with E-state index >= 15 is 0 Å². The maximum Gasteiger partial charge on any atom is 0.254 e. The molecule has 0 saturated heterocycles. The van der Waals surface area contributed by atoms with Crippen LogP contribution >= 0.6 is 11.8 Å². The number of likely N-dealkylation sites (N-methyl/N-ethyl adjacent to an activating group) is 1. The summed E-state index contributed by atoms with van der Waals surface area (Å²) in [5, 5.41) is 2.88. The summed E-state index contributed by atoms with van der Waals surface area (Å²) < 4.78 is 0. The molecule has 2 rings (SSSR count). The number of rotatable bonds is 9. The Labute approximate surface area is 172 Å². The van der Waals surface area contributed by atoms with E-state index in [-0.39, 0.29) is 18.4 Å². The van der Waals surface area contributed by atoms with Crippen LogP contribution in [0.1, 0.15) is 30.6 Å². The van der Waals surface area contributed by atoms with Crippen LogP contribution in [0.3, 0.4) is 0 Å². The van der Waals surface area contributed by atoms with E-state index in [4.69, 9.17) is 0 Å². The Kier molecular flexibility index (Phi) is 8.39. The van der Waals surface area contributed by atoms with Crippen molar-refractivity contribution in [3.8, 4) is 0 Å². The van der Waals surface area contributed by atoms with Crippen molar-refractivity contribution in [2.75, 3.05) is 43.2 Å². The SMILES string of the molecule is CCCN(CC)c1ccc(C(=O)N(C)CC(=O)Nc2ccccc2SC)cc1. The molecule has 2 aromatic rings. The maximum absolute atomic E-state index is 12.7. The summed E-state index contributed by atoms with van der Waals surface area (Å²) in [4.78, 5) is 29.7. The van der Waals surface area contributed by atoms with Gasteiger partial charge in [0.15, 0.2) is 0 Å². The molecule has 0 fully saturated rings. The average Bonchev–Trinajstić information content (AvgIpc) is 2.71. The fraction of sp³-hybridized carbons (Fsp3) is 0.364. The third-order valence-corrected chi connectivity index (χ3v) is 5.26. The van der Waals surface area contributed by atoms with Crippen molar-refractivity contribution in [3.63, 3.8) is 0 Å². The first-order valence-electron chi connectivity index (χ1n) is 9.53. The van der Waals surface area contributed by atoms with Crippen LogP contribution in [0.25, 0.3) is 0 Å². The Morgan fingerprint density at radius 3 is 2.32 bits per heavy atom. The zero-order valence-electron chi connectivity index (χ0n) is 17.1. The molecule has 0 bridgehead atoms. The number of para-hydroxylation sites is 1. The van der Waals surface area contributed by atoms with Gasteiger partial charge in [0.1, 0.15) is 0 Å². The molecule has 6 heteroatoms. The lowest BCUT2D eigenvalue weighted by Gasteiger charge is -2.23. The molecule has 0 unspecified atom stereocenters. The fourth-order valence-corrected chi connectivity index (χ4v) is 3.55. The highest BCUT2D eigenvalue weighted by Gasteiger charge is 2.16. The molecule has 0 spiro atoms. The van der Waals surface area contributed by atoms with Gasteiger partial charge in [0.05, 0.1) is 12.2 Å². The molecule has 0 radical (unpaired) electrons. The second kappa shape index (κ2) is 10.8. The van der Waals surface area contributed by atoms with E-state index in [2.05, 4.69) is 24.1 Å². The normalized spacial score (nSPS) is 10.4. The minimum absolute atomic E-state index is 0.000218. The third-order valence-electron chi connectivity index (χ3n) is 4.46. The van der Waals surface area contributed by atoms with Gasteiger partial charge in [-0.1, -0.05) is 19.1 Å². The predicted molar refractivity (Wildman–Crippen MR) is 118 cm³/mol. The number of nitrogens with zero attached hydrogens (tertiary/aromatic N) is 2. The van der Waals surface area contributed by atoms with Gasteiger partial charge in [-0.3, -0.25) is 9.59 Å². The lowest BCUT2D eigenvalue weighted by Crippen LogP contribution is -2.35. The van der Waals surface area contributed by atoms with Crippen LogP contribution in [0.2, 0.25) is 0 Å². The van der Waals surface area contributed by atoms with E-state index in [1.165, 1.54) is 4.90 Å². The number of hydrogen-bond donors (Lipinski definition) is 1. The summed E-state index contributed by atoms with van der Waals surface area (Å²) in [6, 6.07) is 15.2. The highest BCUT2D eigenvalue weighted by atomic mass is 32.2. The Morgan fingerprint density at radius 1 is 1.04 bits per heavy atom. The van der Waals surface area contributed by atoms with Crippen molar-refractivity contribution in [1.29, 1.82) is 0 Å². The van der Waals surface area contributed by atoms with Gasteiger partial charge in [0.2, 0.25) is 5.91 Å². The number of benzene rings is 2. The molecule has 0 aliphatic rings. The van der Waals surface area contributed by atoms with Crippen LogP contribution in [0.4, 0.5) is 11.4 Å². The van der Waals surface area contributed by atoms with Gasteiger partial charge in [-0.15, -0.1) is 11.8 Å². The number of carbonyl (C=O) groups excluding carboxylic acids is 2. The summed E-state index contributed by atoms with van der Waals surface area (Å²) in [7, 11) is 1.64. The molecule has 0 heterocycles. The average molecular weight is 400 g/mol. The molecule has 0 aromatic heterocycles. The van der Waals surface area contributed by atoms with E-state index in [1.807, 2.05) is 54.8 Å². The van der Waals surface area contributed by atoms with Crippen LogP contribution in [0.5, 0.6) is 0 Å². The first-order valence-corrected chi connectivity index (χ1v) is 10.8. The van der Waals surface area contributed by atoms with E-state index in [0.717, 1.165) is 35.8 Å². The molecule has 5 nitrogen and oxygen atoms in total. The second-order valence-corrected chi connectivity index (χ2v) is 7.38. The Morgan fingerprint density at radius 2 is 1.71 bits per heavy atom. The molecule has 0 aliphatic heterocycles. The maximum atomic E-state index is 12.7. The van der Waals surface area contributed by atoms with Gasteiger partial charge in [0, 0.05) is 36.3 Å².